The topological polar surface area (TPSA) is 56.3 Å². The number of ether oxygens (including phenoxy) is 2. The van der Waals surface area contributed by atoms with Crippen LogP contribution in [0.4, 0.5) is 5.13 Å². The van der Waals surface area contributed by atoms with Gasteiger partial charge in [0.25, 0.3) is 0 Å². The zero-order valence-corrected chi connectivity index (χ0v) is 14.9. The Labute approximate surface area is 141 Å². The normalized spacial score (nSPS) is 16.3. The predicted molar refractivity (Wildman–Crippen MR) is 92.7 cm³/mol. The van der Waals surface area contributed by atoms with Crippen molar-refractivity contribution in [3.8, 4) is 11.5 Å². The number of rotatable bonds is 6. The lowest BCUT2D eigenvalue weighted by Crippen LogP contribution is -2.05. The molecule has 1 aromatic carbocycles. The van der Waals surface area contributed by atoms with Gasteiger partial charge >= 0.3 is 0 Å². The average molecular weight is 333 g/mol. The van der Waals surface area contributed by atoms with E-state index in [0.29, 0.717) is 19.1 Å². The highest BCUT2D eigenvalue weighted by atomic mass is 32.1. The van der Waals surface area contributed by atoms with E-state index in [1.807, 2.05) is 6.92 Å². The number of hydrogen-bond donors (Lipinski definition) is 1. The van der Waals surface area contributed by atoms with Crippen molar-refractivity contribution in [2.24, 2.45) is 0 Å². The van der Waals surface area contributed by atoms with Crippen molar-refractivity contribution in [3.63, 3.8) is 0 Å². The van der Waals surface area contributed by atoms with Crippen LogP contribution in [-0.2, 0) is 13.0 Å². The molecule has 23 heavy (non-hydrogen) atoms. The van der Waals surface area contributed by atoms with E-state index < -0.39 is 0 Å². The Kier molecular flexibility index (Phi) is 4.71. The molecular weight excluding hydrogens is 310 g/mol. The number of benzene rings is 1. The first-order valence-corrected chi connectivity index (χ1v) is 8.86. The van der Waals surface area contributed by atoms with E-state index in [-0.39, 0.29) is 6.10 Å². The van der Waals surface area contributed by atoms with Crippen LogP contribution in [0.25, 0.3) is 0 Å². The Hall–Kier alpha value is -1.82. The molecule has 0 saturated heterocycles. The van der Waals surface area contributed by atoms with Crippen molar-refractivity contribution in [2.75, 3.05) is 11.9 Å². The lowest BCUT2D eigenvalue weighted by Gasteiger charge is -2.13. The first-order chi connectivity index (χ1) is 11.1. The van der Waals surface area contributed by atoms with Gasteiger partial charge in [-0.15, -0.1) is 0 Å². The van der Waals surface area contributed by atoms with Gasteiger partial charge < -0.3 is 14.8 Å². The largest absolute Gasteiger partial charge is 0.494 e. The van der Waals surface area contributed by atoms with Crippen LogP contribution in [0.2, 0.25) is 0 Å². The van der Waals surface area contributed by atoms with Gasteiger partial charge in [-0.1, -0.05) is 13.8 Å². The second-order valence-corrected chi connectivity index (χ2v) is 6.85. The summed E-state index contributed by atoms with van der Waals surface area (Å²) in [4.78, 5) is 4.51. The molecule has 5 nitrogen and oxygen atoms in total. The monoisotopic (exact) mass is 333 g/mol. The van der Waals surface area contributed by atoms with Gasteiger partial charge in [-0.25, -0.2) is 4.98 Å². The van der Waals surface area contributed by atoms with E-state index in [1.54, 1.807) is 0 Å². The Bertz CT molecular complexity index is 684. The molecule has 0 radical (unpaired) electrons. The second-order valence-electron chi connectivity index (χ2n) is 6.10. The predicted octanol–water partition coefficient (Wildman–Crippen LogP) is 4.00. The molecule has 0 fully saturated rings. The maximum Gasteiger partial charge on any atom is 0.202 e. The van der Waals surface area contributed by atoms with Crippen molar-refractivity contribution >= 4 is 16.7 Å². The fourth-order valence-corrected chi connectivity index (χ4v) is 3.32. The lowest BCUT2D eigenvalue weighted by molar-refractivity contribution is 0.254. The van der Waals surface area contributed by atoms with Crippen LogP contribution in [0.1, 0.15) is 50.6 Å². The quantitative estimate of drug-likeness (QED) is 0.866. The molecule has 2 aromatic rings. The van der Waals surface area contributed by atoms with Gasteiger partial charge in [-0.3, -0.25) is 0 Å². The molecule has 124 valence electrons. The van der Waals surface area contributed by atoms with Gasteiger partial charge in [0.2, 0.25) is 5.13 Å². The standard InChI is InChI=1S/C17H23N3O2S/c1-5-21-14-7-12-6-11(4)22-15(12)8-13(14)9-18-17-19-16(10(2)3)20-23-17/h7-8,10-11H,5-6,9H2,1-4H3,(H,18,19,20). The molecule has 0 amide bonds. The maximum atomic E-state index is 5.86. The Balaban J connectivity index is 1.77. The summed E-state index contributed by atoms with van der Waals surface area (Å²) in [5.74, 6) is 3.12. The van der Waals surface area contributed by atoms with Gasteiger partial charge in [-0.05, 0) is 26.0 Å². The van der Waals surface area contributed by atoms with E-state index in [9.17, 15) is 0 Å². The lowest BCUT2D eigenvalue weighted by atomic mass is 10.1. The molecular formula is C17H23N3O2S. The molecule has 0 bridgehead atoms. The van der Waals surface area contributed by atoms with E-state index in [2.05, 4.69) is 47.6 Å². The number of nitrogens with zero attached hydrogens (tertiary/aromatic N) is 2. The molecule has 6 heteroatoms. The third-order valence-corrected chi connectivity index (χ3v) is 4.45. The van der Waals surface area contributed by atoms with E-state index in [4.69, 9.17) is 9.47 Å². The number of aromatic nitrogens is 2. The number of nitrogens with one attached hydrogen (secondary N) is 1. The molecule has 1 aliphatic heterocycles. The smallest absolute Gasteiger partial charge is 0.202 e. The summed E-state index contributed by atoms with van der Waals surface area (Å²) in [5.41, 5.74) is 2.31. The average Bonchev–Trinajstić information content (AvgIpc) is 3.10. The summed E-state index contributed by atoms with van der Waals surface area (Å²) in [6, 6.07) is 4.19. The minimum Gasteiger partial charge on any atom is -0.494 e. The minimum absolute atomic E-state index is 0.236. The van der Waals surface area contributed by atoms with Crippen molar-refractivity contribution in [2.45, 2.75) is 52.7 Å². The highest BCUT2D eigenvalue weighted by Crippen LogP contribution is 2.35. The number of hydrogen-bond acceptors (Lipinski definition) is 6. The van der Waals surface area contributed by atoms with E-state index in [1.165, 1.54) is 17.1 Å². The molecule has 0 spiro atoms. The molecule has 0 saturated carbocycles. The van der Waals surface area contributed by atoms with Gasteiger partial charge in [0, 0.05) is 41.5 Å². The van der Waals surface area contributed by atoms with Gasteiger partial charge in [-0.2, -0.15) is 4.37 Å². The Morgan fingerprint density at radius 2 is 2.26 bits per heavy atom. The highest BCUT2D eigenvalue weighted by molar-refractivity contribution is 7.09. The summed E-state index contributed by atoms with van der Waals surface area (Å²) in [6.45, 7) is 9.58. The summed E-state index contributed by atoms with van der Waals surface area (Å²) in [5, 5.41) is 4.19. The zero-order valence-electron chi connectivity index (χ0n) is 14.0. The van der Waals surface area contributed by atoms with Crippen LogP contribution in [0.3, 0.4) is 0 Å². The van der Waals surface area contributed by atoms with Crippen LogP contribution < -0.4 is 14.8 Å². The van der Waals surface area contributed by atoms with Crippen LogP contribution >= 0.6 is 11.5 Å². The summed E-state index contributed by atoms with van der Waals surface area (Å²) >= 11 is 1.40. The molecule has 1 unspecified atom stereocenters. The van der Waals surface area contributed by atoms with Gasteiger partial charge in [0.05, 0.1) is 6.61 Å². The molecule has 0 aliphatic carbocycles. The third-order valence-electron chi connectivity index (χ3n) is 3.77. The van der Waals surface area contributed by atoms with E-state index in [0.717, 1.165) is 34.4 Å². The first-order valence-electron chi connectivity index (χ1n) is 8.09. The van der Waals surface area contributed by atoms with Crippen molar-refractivity contribution in [1.29, 1.82) is 0 Å². The van der Waals surface area contributed by atoms with Crippen molar-refractivity contribution in [3.05, 3.63) is 29.1 Å². The van der Waals surface area contributed by atoms with Crippen LogP contribution in [0, 0.1) is 0 Å². The first kappa shape index (κ1) is 16.1. The molecule has 1 aliphatic rings. The fraction of sp³-hybridized carbons (Fsp3) is 0.529. The molecule has 2 heterocycles. The summed E-state index contributed by atoms with van der Waals surface area (Å²) in [7, 11) is 0. The number of fused-ring (bicyclic) bond motifs is 1. The zero-order chi connectivity index (χ0) is 16.4. The highest BCUT2D eigenvalue weighted by Gasteiger charge is 2.22. The van der Waals surface area contributed by atoms with Gasteiger partial charge in [0.1, 0.15) is 23.4 Å². The molecule has 1 N–H and O–H groups in total. The third kappa shape index (κ3) is 3.58. The van der Waals surface area contributed by atoms with Crippen LogP contribution in [0.5, 0.6) is 11.5 Å². The van der Waals surface area contributed by atoms with Crippen molar-refractivity contribution in [1.82, 2.24) is 9.36 Å². The fourth-order valence-electron chi connectivity index (χ4n) is 2.62. The summed E-state index contributed by atoms with van der Waals surface area (Å²) in [6.07, 6.45) is 1.18. The molecule has 3 rings (SSSR count). The Morgan fingerprint density at radius 1 is 1.43 bits per heavy atom. The van der Waals surface area contributed by atoms with Gasteiger partial charge in [0.15, 0.2) is 0 Å². The summed E-state index contributed by atoms with van der Waals surface area (Å²) < 4.78 is 16.0. The SMILES string of the molecule is CCOc1cc2c(cc1CNc1nc(C(C)C)ns1)OC(C)C2. The minimum atomic E-state index is 0.236. The Morgan fingerprint density at radius 3 is 2.96 bits per heavy atom. The molecule has 1 aromatic heterocycles. The van der Waals surface area contributed by atoms with E-state index >= 15 is 0 Å². The van der Waals surface area contributed by atoms with Crippen LogP contribution in [0.15, 0.2) is 12.1 Å². The van der Waals surface area contributed by atoms with Crippen molar-refractivity contribution < 1.29 is 9.47 Å². The maximum absolute atomic E-state index is 5.86. The second kappa shape index (κ2) is 6.74. The molecule has 1 atom stereocenters. The van der Waals surface area contributed by atoms with Crippen LogP contribution in [-0.4, -0.2) is 22.1 Å². The number of anilines is 1.